The first-order valence-corrected chi connectivity index (χ1v) is 7.49. The number of rotatable bonds is 3. The summed E-state index contributed by atoms with van der Waals surface area (Å²) in [6.45, 7) is 0.616. The molecule has 0 aliphatic carbocycles. The van der Waals surface area contributed by atoms with Gasteiger partial charge in [-0.1, -0.05) is 29.8 Å². The summed E-state index contributed by atoms with van der Waals surface area (Å²) in [4.78, 5) is 26.1. The molecule has 0 spiro atoms. The number of halogens is 1. The molecule has 4 nitrogen and oxygen atoms in total. The van der Waals surface area contributed by atoms with Gasteiger partial charge in [-0.3, -0.25) is 9.59 Å². The van der Waals surface area contributed by atoms with Gasteiger partial charge in [-0.05, 0) is 36.8 Å². The fourth-order valence-electron chi connectivity index (χ4n) is 2.54. The first-order chi connectivity index (χ1) is 10.6. The molecule has 0 aromatic heterocycles. The molecule has 2 aromatic carbocycles. The maximum absolute atomic E-state index is 12.5. The summed E-state index contributed by atoms with van der Waals surface area (Å²) in [7, 11) is 0. The molecule has 22 heavy (non-hydrogen) atoms. The highest BCUT2D eigenvalue weighted by Gasteiger charge is 2.26. The van der Waals surface area contributed by atoms with Crippen molar-refractivity contribution in [2.24, 2.45) is 0 Å². The van der Waals surface area contributed by atoms with Gasteiger partial charge in [0.1, 0.15) is 0 Å². The van der Waals surface area contributed by atoms with Crippen molar-refractivity contribution in [1.29, 1.82) is 0 Å². The Balaban J connectivity index is 1.93. The van der Waals surface area contributed by atoms with Crippen molar-refractivity contribution in [3.63, 3.8) is 0 Å². The molecule has 5 heteroatoms. The van der Waals surface area contributed by atoms with Crippen LogP contribution < -0.4 is 10.2 Å². The lowest BCUT2D eigenvalue weighted by Crippen LogP contribution is -2.27. The predicted octanol–water partition coefficient (Wildman–Crippen LogP) is 3.72. The lowest BCUT2D eigenvalue weighted by Gasteiger charge is -2.19. The lowest BCUT2D eigenvalue weighted by atomic mass is 10.1. The number of nitrogens with one attached hydrogen (secondary N) is 1. The van der Waals surface area contributed by atoms with Crippen LogP contribution in [0.2, 0.25) is 5.02 Å². The van der Waals surface area contributed by atoms with E-state index in [1.165, 1.54) is 0 Å². The highest BCUT2D eigenvalue weighted by molar-refractivity contribution is 6.31. The molecule has 1 N–H and O–H groups in total. The summed E-state index contributed by atoms with van der Waals surface area (Å²) in [6, 6.07) is 14.2. The number of para-hydroxylation sites is 1. The van der Waals surface area contributed by atoms with Gasteiger partial charge in [0.05, 0.1) is 11.3 Å². The predicted molar refractivity (Wildman–Crippen MR) is 87.4 cm³/mol. The highest BCUT2D eigenvalue weighted by Crippen LogP contribution is 2.29. The molecule has 112 valence electrons. The van der Waals surface area contributed by atoms with E-state index in [1.807, 2.05) is 30.3 Å². The van der Waals surface area contributed by atoms with Crippen molar-refractivity contribution in [3.8, 4) is 0 Å². The fourth-order valence-corrected chi connectivity index (χ4v) is 2.71. The van der Waals surface area contributed by atoms with Crippen LogP contribution in [0.25, 0.3) is 0 Å². The maximum Gasteiger partial charge on any atom is 0.257 e. The molecule has 0 bridgehead atoms. The molecule has 0 radical (unpaired) electrons. The van der Waals surface area contributed by atoms with Crippen LogP contribution in [0.5, 0.6) is 0 Å². The van der Waals surface area contributed by atoms with Gasteiger partial charge in [-0.2, -0.15) is 0 Å². The van der Waals surface area contributed by atoms with Crippen LogP contribution in [-0.2, 0) is 4.79 Å². The summed E-state index contributed by atoms with van der Waals surface area (Å²) >= 11 is 6.04. The van der Waals surface area contributed by atoms with Gasteiger partial charge in [-0.25, -0.2) is 0 Å². The second kappa shape index (κ2) is 6.20. The number of benzene rings is 2. The van der Waals surface area contributed by atoms with E-state index in [0.29, 0.717) is 34.9 Å². The summed E-state index contributed by atoms with van der Waals surface area (Å²) in [5.41, 5.74) is 1.73. The zero-order valence-electron chi connectivity index (χ0n) is 11.9. The highest BCUT2D eigenvalue weighted by atomic mass is 35.5. The van der Waals surface area contributed by atoms with Gasteiger partial charge < -0.3 is 10.2 Å². The zero-order chi connectivity index (χ0) is 15.5. The molecule has 1 aliphatic heterocycles. The zero-order valence-corrected chi connectivity index (χ0v) is 12.6. The molecule has 2 amide bonds. The Morgan fingerprint density at radius 1 is 1.14 bits per heavy atom. The largest absolute Gasteiger partial charge is 0.322 e. The molecule has 0 unspecified atom stereocenters. The van der Waals surface area contributed by atoms with E-state index in [2.05, 4.69) is 5.32 Å². The van der Waals surface area contributed by atoms with Gasteiger partial charge >= 0.3 is 0 Å². The third kappa shape index (κ3) is 2.97. The second-order valence-electron chi connectivity index (χ2n) is 5.13. The summed E-state index contributed by atoms with van der Waals surface area (Å²) in [5, 5.41) is 3.34. The van der Waals surface area contributed by atoms with E-state index in [0.717, 1.165) is 6.42 Å². The van der Waals surface area contributed by atoms with E-state index >= 15 is 0 Å². The number of nitrogens with zero attached hydrogens (tertiary/aromatic N) is 1. The topological polar surface area (TPSA) is 49.4 Å². The number of anilines is 2. The minimum absolute atomic E-state index is 0.0241. The van der Waals surface area contributed by atoms with E-state index in [-0.39, 0.29) is 11.8 Å². The monoisotopic (exact) mass is 314 g/mol. The third-order valence-corrected chi connectivity index (χ3v) is 3.84. The van der Waals surface area contributed by atoms with Crippen molar-refractivity contribution in [2.75, 3.05) is 16.8 Å². The lowest BCUT2D eigenvalue weighted by molar-refractivity contribution is -0.117. The van der Waals surface area contributed by atoms with Crippen LogP contribution in [0.4, 0.5) is 11.4 Å². The Morgan fingerprint density at radius 3 is 2.59 bits per heavy atom. The van der Waals surface area contributed by atoms with Crippen LogP contribution in [0, 0.1) is 0 Å². The normalized spacial score (nSPS) is 14.2. The standard InChI is InChI=1S/C17H15ClN2O2/c18-12-8-9-14(15(11-12)20-10-4-7-16(20)21)17(22)19-13-5-2-1-3-6-13/h1-3,5-6,8-9,11H,4,7,10H2,(H,19,22). The van der Waals surface area contributed by atoms with Crippen LogP contribution in [0.15, 0.2) is 48.5 Å². The molecular formula is C17H15ClN2O2. The van der Waals surface area contributed by atoms with Crippen LogP contribution >= 0.6 is 11.6 Å². The first kappa shape index (κ1) is 14.6. The number of hydrogen-bond acceptors (Lipinski definition) is 2. The molecular weight excluding hydrogens is 300 g/mol. The second-order valence-corrected chi connectivity index (χ2v) is 5.57. The Hall–Kier alpha value is -2.33. The molecule has 1 fully saturated rings. The molecule has 1 saturated heterocycles. The third-order valence-electron chi connectivity index (χ3n) is 3.60. The number of carbonyl (C=O) groups is 2. The quantitative estimate of drug-likeness (QED) is 0.938. The average molecular weight is 315 g/mol. The van der Waals surface area contributed by atoms with Crippen LogP contribution in [0.3, 0.4) is 0 Å². The minimum Gasteiger partial charge on any atom is -0.322 e. The van der Waals surface area contributed by atoms with Crippen molar-refractivity contribution in [1.82, 2.24) is 0 Å². The first-order valence-electron chi connectivity index (χ1n) is 7.11. The van der Waals surface area contributed by atoms with E-state index in [4.69, 9.17) is 11.6 Å². The van der Waals surface area contributed by atoms with Gasteiger partial charge in [0.15, 0.2) is 0 Å². The van der Waals surface area contributed by atoms with Crippen LogP contribution in [0.1, 0.15) is 23.2 Å². The molecule has 3 rings (SSSR count). The summed E-state index contributed by atoms with van der Waals surface area (Å²) in [5.74, 6) is -0.228. The van der Waals surface area contributed by atoms with Crippen molar-refractivity contribution in [3.05, 3.63) is 59.1 Å². The Labute approximate surface area is 133 Å². The Bertz CT molecular complexity index is 716. The number of hydrogen-bond donors (Lipinski definition) is 1. The maximum atomic E-state index is 12.5. The smallest absolute Gasteiger partial charge is 0.257 e. The minimum atomic E-state index is -0.252. The summed E-state index contributed by atoms with van der Waals surface area (Å²) in [6.07, 6.45) is 1.30. The van der Waals surface area contributed by atoms with E-state index in [1.54, 1.807) is 23.1 Å². The van der Waals surface area contributed by atoms with Crippen molar-refractivity contribution >= 4 is 34.8 Å². The summed E-state index contributed by atoms with van der Waals surface area (Å²) < 4.78 is 0. The van der Waals surface area contributed by atoms with Gasteiger partial charge in [-0.15, -0.1) is 0 Å². The van der Waals surface area contributed by atoms with Crippen molar-refractivity contribution < 1.29 is 9.59 Å². The Morgan fingerprint density at radius 2 is 1.91 bits per heavy atom. The molecule has 1 aliphatic rings. The molecule has 1 heterocycles. The number of amides is 2. The average Bonchev–Trinajstić information content (AvgIpc) is 2.94. The Kier molecular flexibility index (Phi) is 4.11. The van der Waals surface area contributed by atoms with Crippen molar-refractivity contribution in [2.45, 2.75) is 12.8 Å². The van der Waals surface area contributed by atoms with Gasteiger partial charge in [0.25, 0.3) is 5.91 Å². The van der Waals surface area contributed by atoms with Gasteiger partial charge in [0, 0.05) is 23.7 Å². The fraction of sp³-hybridized carbons (Fsp3) is 0.176. The SMILES string of the molecule is O=C(Nc1ccccc1)c1ccc(Cl)cc1N1CCCC1=O. The van der Waals surface area contributed by atoms with E-state index < -0.39 is 0 Å². The molecule has 0 saturated carbocycles. The number of carbonyl (C=O) groups excluding carboxylic acids is 2. The molecule has 2 aromatic rings. The van der Waals surface area contributed by atoms with Crippen LogP contribution in [-0.4, -0.2) is 18.4 Å². The molecule has 0 atom stereocenters. The van der Waals surface area contributed by atoms with E-state index in [9.17, 15) is 9.59 Å². The van der Waals surface area contributed by atoms with Gasteiger partial charge in [0.2, 0.25) is 5.91 Å².